The van der Waals surface area contributed by atoms with Gasteiger partial charge in [-0.05, 0) is 39.0 Å². The van der Waals surface area contributed by atoms with Gasteiger partial charge >= 0.3 is 0 Å². The fourth-order valence-corrected chi connectivity index (χ4v) is 4.36. The van der Waals surface area contributed by atoms with E-state index in [1.54, 1.807) is 13.0 Å². The SMILES string of the molecule is Cc1cc(C(=O)N[C@@H]2CC(C)(C)Cc3nc(N4C[C@@H](C)O[C@@H](C)C4)ncc32)on1. The normalized spacial score (nSPS) is 26.1. The summed E-state index contributed by atoms with van der Waals surface area (Å²) >= 11 is 0. The molecule has 2 aromatic rings. The van der Waals surface area contributed by atoms with Gasteiger partial charge in [0.1, 0.15) is 0 Å². The molecule has 1 fully saturated rings. The molecule has 1 amide bonds. The molecule has 0 bridgehead atoms. The van der Waals surface area contributed by atoms with E-state index in [0.29, 0.717) is 5.69 Å². The van der Waals surface area contributed by atoms with Gasteiger partial charge in [0.15, 0.2) is 0 Å². The van der Waals surface area contributed by atoms with Crippen LogP contribution >= 0.6 is 0 Å². The molecule has 3 atom stereocenters. The van der Waals surface area contributed by atoms with E-state index in [-0.39, 0.29) is 35.3 Å². The van der Waals surface area contributed by atoms with Gasteiger partial charge in [-0.2, -0.15) is 0 Å². The van der Waals surface area contributed by atoms with Crippen LogP contribution in [-0.2, 0) is 11.2 Å². The Balaban J connectivity index is 1.60. The molecular formula is C21H29N5O3. The summed E-state index contributed by atoms with van der Waals surface area (Å²) < 4.78 is 10.9. The summed E-state index contributed by atoms with van der Waals surface area (Å²) in [6, 6.07) is 1.48. The number of nitrogens with zero attached hydrogens (tertiary/aromatic N) is 4. The number of morpholine rings is 1. The van der Waals surface area contributed by atoms with Crippen molar-refractivity contribution in [2.45, 2.75) is 65.7 Å². The van der Waals surface area contributed by atoms with Crippen LogP contribution in [0.2, 0.25) is 0 Å². The zero-order valence-electron chi connectivity index (χ0n) is 17.7. The maximum absolute atomic E-state index is 12.6. The Morgan fingerprint density at radius 3 is 2.66 bits per heavy atom. The van der Waals surface area contributed by atoms with Gasteiger partial charge in [0.25, 0.3) is 5.91 Å². The molecule has 1 aliphatic carbocycles. The van der Waals surface area contributed by atoms with Crippen LogP contribution < -0.4 is 10.2 Å². The first-order valence-electron chi connectivity index (χ1n) is 10.2. The number of nitrogens with one attached hydrogen (secondary N) is 1. The quantitative estimate of drug-likeness (QED) is 0.848. The summed E-state index contributed by atoms with van der Waals surface area (Å²) in [6.45, 7) is 11.9. The molecule has 2 aliphatic rings. The number of hydrogen-bond donors (Lipinski definition) is 1. The number of ether oxygens (including phenoxy) is 1. The minimum atomic E-state index is -0.265. The lowest BCUT2D eigenvalue weighted by Gasteiger charge is -2.38. The van der Waals surface area contributed by atoms with E-state index in [9.17, 15) is 4.79 Å². The highest BCUT2D eigenvalue weighted by Crippen LogP contribution is 2.40. The maximum Gasteiger partial charge on any atom is 0.290 e. The third kappa shape index (κ3) is 4.27. The van der Waals surface area contributed by atoms with Crippen molar-refractivity contribution in [2.24, 2.45) is 5.41 Å². The summed E-state index contributed by atoms with van der Waals surface area (Å²) in [5.74, 6) is 0.694. The predicted molar refractivity (Wildman–Crippen MR) is 108 cm³/mol. The second-order valence-corrected chi connectivity index (χ2v) is 9.14. The molecule has 29 heavy (non-hydrogen) atoms. The van der Waals surface area contributed by atoms with Crippen LogP contribution in [0.5, 0.6) is 0 Å². The van der Waals surface area contributed by atoms with Crippen LogP contribution in [0, 0.1) is 12.3 Å². The number of aromatic nitrogens is 3. The molecule has 1 saturated heterocycles. The molecule has 2 aromatic heterocycles. The van der Waals surface area contributed by atoms with Gasteiger partial charge in [-0.1, -0.05) is 19.0 Å². The molecule has 8 heteroatoms. The topological polar surface area (TPSA) is 93.4 Å². The van der Waals surface area contributed by atoms with Crippen LogP contribution in [0.15, 0.2) is 16.8 Å². The number of carbonyl (C=O) groups excluding carboxylic acids is 1. The first-order chi connectivity index (χ1) is 13.7. The molecule has 0 spiro atoms. The maximum atomic E-state index is 12.6. The fourth-order valence-electron chi connectivity index (χ4n) is 4.36. The van der Waals surface area contributed by atoms with Gasteiger partial charge in [0, 0.05) is 30.9 Å². The summed E-state index contributed by atoms with van der Waals surface area (Å²) in [5, 5.41) is 6.89. The van der Waals surface area contributed by atoms with Crippen molar-refractivity contribution in [3.63, 3.8) is 0 Å². The Labute approximate surface area is 171 Å². The molecule has 0 aromatic carbocycles. The number of carbonyl (C=O) groups is 1. The Kier molecular flexibility index (Phi) is 5.06. The van der Waals surface area contributed by atoms with Crippen molar-refractivity contribution in [3.05, 3.63) is 35.0 Å². The number of aryl methyl sites for hydroxylation is 1. The zero-order valence-corrected chi connectivity index (χ0v) is 17.7. The number of anilines is 1. The number of hydrogen-bond acceptors (Lipinski definition) is 7. The Hall–Kier alpha value is -2.48. The monoisotopic (exact) mass is 399 g/mol. The molecular weight excluding hydrogens is 370 g/mol. The van der Waals surface area contributed by atoms with E-state index >= 15 is 0 Å². The largest absolute Gasteiger partial charge is 0.372 e. The summed E-state index contributed by atoms with van der Waals surface area (Å²) in [7, 11) is 0. The number of rotatable bonds is 3. The third-order valence-electron chi connectivity index (χ3n) is 5.52. The van der Waals surface area contributed by atoms with Gasteiger partial charge in [0.05, 0.1) is 29.6 Å². The van der Waals surface area contributed by atoms with Gasteiger partial charge in [0.2, 0.25) is 11.7 Å². The van der Waals surface area contributed by atoms with Crippen molar-refractivity contribution in [1.82, 2.24) is 20.4 Å². The summed E-state index contributed by atoms with van der Waals surface area (Å²) in [6.07, 6.45) is 3.82. The zero-order chi connectivity index (χ0) is 20.8. The van der Waals surface area contributed by atoms with Crippen LogP contribution in [0.25, 0.3) is 0 Å². The van der Waals surface area contributed by atoms with Crippen molar-refractivity contribution >= 4 is 11.9 Å². The van der Waals surface area contributed by atoms with Crippen molar-refractivity contribution < 1.29 is 14.1 Å². The molecule has 8 nitrogen and oxygen atoms in total. The highest BCUT2D eigenvalue weighted by atomic mass is 16.5. The Bertz CT molecular complexity index is 899. The van der Waals surface area contributed by atoms with Gasteiger partial charge in [-0.25, -0.2) is 9.97 Å². The van der Waals surface area contributed by atoms with Crippen molar-refractivity contribution in [3.8, 4) is 0 Å². The van der Waals surface area contributed by atoms with Gasteiger partial charge in [-0.3, -0.25) is 4.79 Å². The standard InChI is InChI=1S/C21H29N5O3/c1-12-6-18(29-25-12)19(27)23-16-7-21(4,5)8-17-15(16)9-22-20(24-17)26-10-13(2)28-14(3)11-26/h6,9,13-14,16H,7-8,10-11H2,1-5H3,(H,23,27)/t13-,14+,16-/m1/s1. The van der Waals surface area contributed by atoms with Crippen LogP contribution in [0.4, 0.5) is 5.95 Å². The highest BCUT2D eigenvalue weighted by Gasteiger charge is 2.36. The first kappa shape index (κ1) is 19.8. The molecule has 4 rings (SSSR count). The molecule has 1 N–H and O–H groups in total. The lowest BCUT2D eigenvalue weighted by atomic mass is 9.74. The van der Waals surface area contributed by atoms with Gasteiger partial charge in [-0.15, -0.1) is 0 Å². The fraction of sp³-hybridized carbons (Fsp3) is 0.619. The van der Waals surface area contributed by atoms with Crippen molar-refractivity contribution in [1.29, 1.82) is 0 Å². The minimum absolute atomic E-state index is 0.0134. The first-order valence-corrected chi connectivity index (χ1v) is 10.2. The predicted octanol–water partition coefficient (Wildman–Crippen LogP) is 2.83. The average molecular weight is 399 g/mol. The molecule has 156 valence electrons. The van der Waals surface area contributed by atoms with E-state index in [2.05, 4.69) is 48.1 Å². The second-order valence-electron chi connectivity index (χ2n) is 9.14. The smallest absolute Gasteiger partial charge is 0.290 e. The molecule has 0 saturated carbocycles. The van der Waals surface area contributed by atoms with E-state index in [0.717, 1.165) is 43.1 Å². The van der Waals surface area contributed by atoms with E-state index in [4.69, 9.17) is 14.2 Å². The third-order valence-corrected chi connectivity index (χ3v) is 5.52. The summed E-state index contributed by atoms with van der Waals surface area (Å²) in [4.78, 5) is 24.4. The summed E-state index contributed by atoms with van der Waals surface area (Å²) in [5.41, 5.74) is 2.67. The lowest BCUT2D eigenvalue weighted by molar-refractivity contribution is -0.00575. The van der Waals surface area contributed by atoms with Crippen LogP contribution in [0.3, 0.4) is 0 Å². The van der Waals surface area contributed by atoms with Crippen LogP contribution in [-0.4, -0.2) is 46.3 Å². The Morgan fingerprint density at radius 2 is 2.00 bits per heavy atom. The second kappa shape index (κ2) is 7.40. The highest BCUT2D eigenvalue weighted by molar-refractivity contribution is 5.91. The van der Waals surface area contributed by atoms with Gasteiger partial charge < -0.3 is 19.5 Å². The number of amides is 1. The van der Waals surface area contributed by atoms with E-state index < -0.39 is 0 Å². The van der Waals surface area contributed by atoms with E-state index in [1.807, 2.05) is 6.20 Å². The minimum Gasteiger partial charge on any atom is -0.372 e. The van der Waals surface area contributed by atoms with Crippen LogP contribution in [0.1, 0.15) is 67.7 Å². The lowest BCUT2D eigenvalue weighted by Crippen LogP contribution is -2.46. The molecule has 1 aliphatic heterocycles. The van der Waals surface area contributed by atoms with E-state index in [1.165, 1.54) is 0 Å². The molecule has 0 unspecified atom stereocenters. The number of fused-ring (bicyclic) bond motifs is 1. The van der Waals surface area contributed by atoms with Crippen molar-refractivity contribution in [2.75, 3.05) is 18.0 Å². The molecule has 3 heterocycles. The molecule has 0 radical (unpaired) electrons. The average Bonchev–Trinajstić information content (AvgIpc) is 3.06. The Morgan fingerprint density at radius 1 is 1.28 bits per heavy atom.